The van der Waals surface area contributed by atoms with E-state index < -0.39 is 0 Å². The van der Waals surface area contributed by atoms with Gasteiger partial charge in [-0.05, 0) is 53.0 Å². The minimum atomic E-state index is 0.213. The van der Waals surface area contributed by atoms with Crippen LogP contribution in [0.1, 0.15) is 51.7 Å². The molecule has 1 aromatic heterocycles. The smallest absolute Gasteiger partial charge is 0.231 e. The van der Waals surface area contributed by atoms with Gasteiger partial charge in [-0.2, -0.15) is 0 Å². The second-order valence-electron chi connectivity index (χ2n) is 8.02. The lowest BCUT2D eigenvalue weighted by Gasteiger charge is -2.41. The number of furan rings is 1. The predicted molar refractivity (Wildman–Crippen MR) is 105 cm³/mol. The van der Waals surface area contributed by atoms with Gasteiger partial charge in [-0.15, -0.1) is 5.98 Å². The highest BCUT2D eigenvalue weighted by Crippen LogP contribution is 2.46. The first-order valence-electron chi connectivity index (χ1n) is 8.71. The Morgan fingerprint density at radius 1 is 0.958 bits per heavy atom. The lowest BCUT2D eigenvalue weighted by Crippen LogP contribution is -2.33. The lowest BCUT2D eigenvalue weighted by molar-refractivity contribution is 0.332. The van der Waals surface area contributed by atoms with Gasteiger partial charge in [0.15, 0.2) is 0 Å². The molecule has 1 aliphatic rings. The Morgan fingerprint density at radius 3 is 2.29 bits per heavy atom. The SMILES string of the molecule is C=C/C=C\C=C\[B]c1cc2cc3c(cc2o1)C(C)(C)CCC3(C)C. The molecule has 0 atom stereocenters. The fraction of sp³-hybridized carbons (Fsp3) is 0.364. The van der Waals surface area contributed by atoms with Gasteiger partial charge in [0.1, 0.15) is 5.58 Å². The van der Waals surface area contributed by atoms with Crippen LogP contribution in [0, 0.1) is 0 Å². The van der Waals surface area contributed by atoms with Gasteiger partial charge in [0.05, 0.1) is 5.66 Å². The minimum absolute atomic E-state index is 0.213. The van der Waals surface area contributed by atoms with Crippen LogP contribution in [0.3, 0.4) is 0 Å². The average Bonchev–Trinajstić information content (AvgIpc) is 2.92. The molecule has 2 heteroatoms. The summed E-state index contributed by atoms with van der Waals surface area (Å²) in [7, 11) is 2.00. The number of rotatable bonds is 4. The van der Waals surface area contributed by atoms with Crippen LogP contribution in [-0.4, -0.2) is 7.28 Å². The van der Waals surface area contributed by atoms with E-state index in [2.05, 4.69) is 52.5 Å². The number of benzene rings is 1. The van der Waals surface area contributed by atoms with Gasteiger partial charge in [0.2, 0.25) is 7.28 Å². The molecule has 3 rings (SSSR count). The van der Waals surface area contributed by atoms with E-state index in [0.29, 0.717) is 0 Å². The third kappa shape index (κ3) is 3.15. The van der Waals surface area contributed by atoms with Gasteiger partial charge in [0.25, 0.3) is 0 Å². The molecular weight excluding hydrogens is 291 g/mol. The lowest BCUT2D eigenvalue weighted by atomic mass is 9.63. The molecule has 0 N–H and O–H groups in total. The first-order chi connectivity index (χ1) is 11.3. The molecule has 123 valence electrons. The van der Waals surface area contributed by atoms with E-state index in [9.17, 15) is 0 Å². The van der Waals surface area contributed by atoms with E-state index >= 15 is 0 Å². The summed E-state index contributed by atoms with van der Waals surface area (Å²) in [5.41, 5.74) is 5.24. The van der Waals surface area contributed by atoms with E-state index in [1.54, 1.807) is 6.08 Å². The number of allylic oxidation sites excluding steroid dienone is 4. The summed E-state index contributed by atoms with van der Waals surface area (Å²) in [6.45, 7) is 13.1. The van der Waals surface area contributed by atoms with Crippen LogP contribution in [0.25, 0.3) is 11.0 Å². The van der Waals surface area contributed by atoms with Crippen molar-refractivity contribution in [3.63, 3.8) is 0 Å². The zero-order valence-corrected chi connectivity index (χ0v) is 15.2. The van der Waals surface area contributed by atoms with Crippen molar-refractivity contribution in [3.8, 4) is 0 Å². The minimum Gasteiger partial charge on any atom is -0.472 e. The first-order valence-corrected chi connectivity index (χ1v) is 8.71. The number of fused-ring (bicyclic) bond motifs is 2. The molecule has 2 aromatic rings. The Bertz CT molecular complexity index is 765. The average molecular weight is 317 g/mol. The summed E-state index contributed by atoms with van der Waals surface area (Å²) >= 11 is 0. The van der Waals surface area contributed by atoms with Crippen molar-refractivity contribution >= 4 is 23.9 Å². The van der Waals surface area contributed by atoms with Crippen molar-refractivity contribution in [2.45, 2.75) is 51.4 Å². The summed E-state index contributed by atoms with van der Waals surface area (Å²) in [5.74, 6) is 1.99. The van der Waals surface area contributed by atoms with Crippen LogP contribution >= 0.6 is 0 Å². The highest BCUT2D eigenvalue weighted by Gasteiger charge is 2.37. The van der Waals surface area contributed by atoms with Gasteiger partial charge < -0.3 is 4.42 Å². The quantitative estimate of drug-likeness (QED) is 0.546. The highest BCUT2D eigenvalue weighted by atomic mass is 16.3. The maximum Gasteiger partial charge on any atom is 0.231 e. The van der Waals surface area contributed by atoms with E-state index in [1.807, 2.05) is 31.5 Å². The van der Waals surface area contributed by atoms with Gasteiger partial charge in [-0.25, -0.2) is 0 Å². The van der Waals surface area contributed by atoms with Crippen molar-refractivity contribution in [3.05, 3.63) is 66.2 Å². The van der Waals surface area contributed by atoms with Gasteiger partial charge >= 0.3 is 0 Å². The molecule has 0 bridgehead atoms. The molecule has 0 unspecified atom stereocenters. The molecule has 24 heavy (non-hydrogen) atoms. The number of hydrogen-bond donors (Lipinski definition) is 0. The summed E-state index contributed by atoms with van der Waals surface area (Å²) < 4.78 is 6.05. The fourth-order valence-electron chi connectivity index (χ4n) is 3.56. The molecule has 0 amide bonds. The van der Waals surface area contributed by atoms with E-state index in [-0.39, 0.29) is 10.8 Å². The molecule has 1 aromatic carbocycles. The van der Waals surface area contributed by atoms with Gasteiger partial charge in [-0.1, -0.05) is 58.6 Å². The molecule has 1 radical (unpaired) electrons. The van der Waals surface area contributed by atoms with Crippen molar-refractivity contribution < 1.29 is 4.42 Å². The van der Waals surface area contributed by atoms with Crippen LogP contribution in [-0.2, 0) is 10.8 Å². The first kappa shape index (κ1) is 16.9. The van der Waals surface area contributed by atoms with E-state index in [4.69, 9.17) is 4.42 Å². The molecule has 0 aliphatic heterocycles. The third-order valence-corrected chi connectivity index (χ3v) is 5.24. The summed E-state index contributed by atoms with van der Waals surface area (Å²) in [5, 5.41) is 1.20. The standard InChI is InChI=1S/C22H26BO/c1-6-7-8-9-12-23-20-14-16-13-17-18(15-19(16)24-20)22(4,5)11-10-21(17,2)3/h6-9,12-15H,1,10-11H2,2-5H3/b8-7-,12-9+. The van der Waals surface area contributed by atoms with Gasteiger partial charge in [0, 0.05) is 5.39 Å². The van der Waals surface area contributed by atoms with Crippen LogP contribution in [0.4, 0.5) is 0 Å². The molecule has 1 heterocycles. The molecule has 0 spiro atoms. The molecule has 0 saturated carbocycles. The summed E-state index contributed by atoms with van der Waals surface area (Å²) in [4.78, 5) is 0. The monoisotopic (exact) mass is 317 g/mol. The fourth-order valence-corrected chi connectivity index (χ4v) is 3.56. The Morgan fingerprint density at radius 2 is 1.62 bits per heavy atom. The van der Waals surface area contributed by atoms with Crippen LogP contribution in [0.15, 0.2) is 59.5 Å². The summed E-state index contributed by atoms with van der Waals surface area (Å²) in [6, 6.07) is 6.74. The van der Waals surface area contributed by atoms with Crippen molar-refractivity contribution in [1.29, 1.82) is 0 Å². The Hall–Kier alpha value is -1.96. The molecule has 0 fully saturated rings. The van der Waals surface area contributed by atoms with E-state index in [1.165, 1.54) is 29.4 Å². The van der Waals surface area contributed by atoms with E-state index in [0.717, 1.165) is 11.2 Å². The van der Waals surface area contributed by atoms with Crippen molar-refractivity contribution in [2.24, 2.45) is 0 Å². The second-order valence-corrected chi connectivity index (χ2v) is 8.02. The summed E-state index contributed by atoms with van der Waals surface area (Å²) in [6.07, 6.45) is 10.0. The Balaban J connectivity index is 1.98. The Labute approximate surface area is 146 Å². The maximum absolute atomic E-state index is 6.05. The maximum atomic E-state index is 6.05. The number of hydrogen-bond acceptors (Lipinski definition) is 1. The Kier molecular flexibility index (Phi) is 4.34. The van der Waals surface area contributed by atoms with Crippen LogP contribution in [0.5, 0.6) is 0 Å². The molecule has 0 saturated heterocycles. The second kappa shape index (κ2) is 6.16. The van der Waals surface area contributed by atoms with Crippen LogP contribution in [0.2, 0.25) is 0 Å². The van der Waals surface area contributed by atoms with Crippen molar-refractivity contribution in [2.75, 3.05) is 0 Å². The van der Waals surface area contributed by atoms with Crippen molar-refractivity contribution in [1.82, 2.24) is 0 Å². The molecule has 1 nitrogen and oxygen atoms in total. The normalized spacial score (nSPS) is 19.0. The van der Waals surface area contributed by atoms with Crippen LogP contribution < -0.4 is 5.66 Å². The third-order valence-electron chi connectivity index (χ3n) is 5.24. The molecular formula is C22H26BO. The largest absolute Gasteiger partial charge is 0.472 e. The highest BCUT2D eigenvalue weighted by molar-refractivity contribution is 6.57. The zero-order chi connectivity index (χ0) is 17.4. The molecule has 1 aliphatic carbocycles. The topological polar surface area (TPSA) is 13.1 Å². The predicted octanol–water partition coefficient (Wildman–Crippen LogP) is 5.37. The zero-order valence-electron chi connectivity index (χ0n) is 15.2. The van der Waals surface area contributed by atoms with Gasteiger partial charge in [-0.3, -0.25) is 0 Å².